The van der Waals surface area contributed by atoms with E-state index >= 15 is 0 Å². The number of nitrogens with one attached hydrogen (secondary N) is 1. The SMILES string of the molecule is Cn1cc(C2OC(COP(=O)(O)OP(=O)(O)O[PH](=O)OO)C(O)C2O)c(=O)[nH]c1=O. The molecule has 1 aromatic heterocycles. The fourth-order valence-corrected chi connectivity index (χ4v) is 5.27. The summed E-state index contributed by atoms with van der Waals surface area (Å²) in [7, 11) is -13.5. The summed E-state index contributed by atoms with van der Waals surface area (Å²) in [5.41, 5.74) is -1.90. The van der Waals surface area contributed by atoms with Gasteiger partial charge in [0.25, 0.3) is 5.56 Å². The summed E-state index contributed by atoms with van der Waals surface area (Å²) >= 11 is 0. The third-order valence-electron chi connectivity index (χ3n) is 3.68. The van der Waals surface area contributed by atoms with Crippen molar-refractivity contribution in [1.29, 1.82) is 0 Å². The normalized spacial score (nSPS) is 29.3. The monoisotopic (exact) mass is 498 g/mol. The van der Waals surface area contributed by atoms with Gasteiger partial charge in [0.15, 0.2) is 0 Å². The van der Waals surface area contributed by atoms with Crippen molar-refractivity contribution in [2.45, 2.75) is 24.4 Å². The van der Waals surface area contributed by atoms with Crippen LogP contribution in [0.2, 0.25) is 0 Å². The van der Waals surface area contributed by atoms with E-state index in [4.69, 9.17) is 14.9 Å². The van der Waals surface area contributed by atoms with Gasteiger partial charge >= 0.3 is 29.6 Å². The van der Waals surface area contributed by atoms with Gasteiger partial charge in [-0.1, -0.05) is 0 Å². The Hall–Kier alpha value is -1.03. The summed E-state index contributed by atoms with van der Waals surface area (Å²) < 4.78 is 55.1. The molecule has 30 heavy (non-hydrogen) atoms. The first-order valence-corrected chi connectivity index (χ1v) is 11.9. The average Bonchev–Trinajstić information content (AvgIpc) is 2.90. The molecule has 2 rings (SSSR count). The van der Waals surface area contributed by atoms with Crippen molar-refractivity contribution in [3.8, 4) is 0 Å². The van der Waals surface area contributed by atoms with Gasteiger partial charge in [-0.15, -0.1) is 0 Å². The predicted molar refractivity (Wildman–Crippen MR) is 92.4 cm³/mol. The number of rotatable bonds is 9. The number of hydrogen-bond acceptors (Lipinski definition) is 13. The fraction of sp³-hybridized carbons (Fsp3) is 0.600. The molecule has 1 aromatic rings. The van der Waals surface area contributed by atoms with Gasteiger partial charge in [-0.3, -0.25) is 18.9 Å². The lowest BCUT2D eigenvalue weighted by Crippen LogP contribution is -2.35. The molecule has 1 aliphatic rings. The Bertz CT molecular complexity index is 1010. The standard InChI is InChI=1S/C10H17N2O15P3/c1-12-2-4(9(15)11-10(12)16)8-7(14)6(13)5(24-8)3-23-29(19,20)27-30(21,22)26-28(18)25-17/h2,5-8,13-14,17,28H,3H2,1H3,(H,19,20)(H,21,22)(H,11,15,16). The molecule has 1 aliphatic heterocycles. The number of phosphoric acid groups is 2. The van der Waals surface area contributed by atoms with E-state index in [0.717, 1.165) is 10.8 Å². The van der Waals surface area contributed by atoms with E-state index in [1.165, 1.54) is 7.05 Å². The number of nitrogens with zero attached hydrogens (tertiary/aromatic N) is 1. The third-order valence-corrected chi connectivity index (χ3v) is 7.47. The lowest BCUT2D eigenvalue weighted by Gasteiger charge is -2.18. The maximum Gasteiger partial charge on any atom is 0.488 e. The molecule has 0 aliphatic carbocycles. The highest BCUT2D eigenvalue weighted by Crippen LogP contribution is 2.63. The quantitative estimate of drug-likeness (QED) is 0.127. The molecular formula is C10H17N2O15P3. The van der Waals surface area contributed by atoms with Crippen LogP contribution in [-0.4, -0.2) is 59.7 Å². The minimum atomic E-state index is -5.47. The molecule has 17 nitrogen and oxygen atoms in total. The Labute approximate surface area is 166 Å². The van der Waals surface area contributed by atoms with Crippen molar-refractivity contribution in [2.75, 3.05) is 6.61 Å². The average molecular weight is 498 g/mol. The van der Waals surface area contributed by atoms with E-state index in [1.807, 2.05) is 4.98 Å². The van der Waals surface area contributed by atoms with Crippen molar-refractivity contribution < 1.29 is 61.5 Å². The second-order valence-corrected chi connectivity index (χ2v) is 9.98. The Balaban J connectivity index is 2.07. The molecule has 172 valence electrons. The number of aliphatic hydroxyl groups excluding tert-OH is 2. The topological polar surface area (TPSA) is 253 Å². The molecular weight excluding hydrogens is 481 g/mol. The van der Waals surface area contributed by atoms with Crippen LogP contribution in [0.4, 0.5) is 0 Å². The first kappa shape index (κ1) is 25.2. The molecule has 0 bridgehead atoms. The van der Waals surface area contributed by atoms with Crippen LogP contribution < -0.4 is 11.2 Å². The van der Waals surface area contributed by atoms with Gasteiger partial charge in [0, 0.05) is 13.2 Å². The summed E-state index contributed by atoms with van der Waals surface area (Å²) in [6.45, 7) is -0.988. The number of aliphatic hydroxyl groups is 2. The maximum absolute atomic E-state index is 11.9. The Morgan fingerprint density at radius 3 is 2.47 bits per heavy atom. The lowest BCUT2D eigenvalue weighted by molar-refractivity contribution is -0.138. The van der Waals surface area contributed by atoms with Crippen LogP contribution in [0.25, 0.3) is 0 Å². The minimum Gasteiger partial charge on any atom is -0.387 e. The molecule has 1 fully saturated rings. The van der Waals surface area contributed by atoms with Crippen LogP contribution >= 0.6 is 23.9 Å². The van der Waals surface area contributed by atoms with Crippen molar-refractivity contribution >= 4 is 23.9 Å². The first-order chi connectivity index (χ1) is 13.8. The lowest BCUT2D eigenvalue weighted by atomic mass is 10.0. The van der Waals surface area contributed by atoms with Gasteiger partial charge in [0.05, 0.1) is 12.2 Å². The van der Waals surface area contributed by atoms with Crippen LogP contribution in [0.1, 0.15) is 11.7 Å². The van der Waals surface area contributed by atoms with Gasteiger partial charge in [0.2, 0.25) is 0 Å². The Morgan fingerprint density at radius 2 is 1.87 bits per heavy atom. The molecule has 7 unspecified atom stereocenters. The number of hydrogen-bond donors (Lipinski definition) is 6. The molecule has 0 radical (unpaired) electrons. The second-order valence-electron chi connectivity index (χ2n) is 5.78. The van der Waals surface area contributed by atoms with E-state index < -0.39 is 66.2 Å². The van der Waals surface area contributed by atoms with Crippen LogP contribution in [-0.2, 0) is 43.3 Å². The van der Waals surface area contributed by atoms with Gasteiger partial charge in [-0.05, 0) is 0 Å². The molecule has 7 atom stereocenters. The summed E-state index contributed by atoms with van der Waals surface area (Å²) in [5.74, 6) is 0. The second kappa shape index (κ2) is 9.63. The maximum atomic E-state index is 11.9. The highest BCUT2D eigenvalue weighted by molar-refractivity contribution is 7.64. The molecule has 0 aromatic carbocycles. The van der Waals surface area contributed by atoms with Gasteiger partial charge in [0.1, 0.15) is 24.4 Å². The molecule has 6 N–H and O–H groups in total. The first-order valence-electron chi connectivity index (χ1n) is 7.64. The minimum absolute atomic E-state index is 0.239. The summed E-state index contributed by atoms with van der Waals surface area (Å²) in [6.07, 6.45) is -5.39. The third kappa shape index (κ3) is 6.24. The molecule has 1 saturated heterocycles. The van der Waals surface area contributed by atoms with E-state index in [1.54, 1.807) is 0 Å². The Morgan fingerprint density at radius 1 is 1.23 bits per heavy atom. The van der Waals surface area contributed by atoms with Crippen molar-refractivity contribution in [3.05, 3.63) is 32.6 Å². The number of aryl methyl sites for hydroxylation is 1. The zero-order valence-electron chi connectivity index (χ0n) is 14.8. The summed E-state index contributed by atoms with van der Waals surface area (Å²) in [6, 6.07) is 0. The molecule has 20 heteroatoms. The van der Waals surface area contributed by atoms with Crippen LogP contribution in [0.15, 0.2) is 15.8 Å². The fourth-order valence-electron chi connectivity index (χ4n) is 2.38. The molecule has 0 spiro atoms. The van der Waals surface area contributed by atoms with E-state index in [0.29, 0.717) is 0 Å². The largest absolute Gasteiger partial charge is 0.488 e. The number of H-pyrrole nitrogens is 1. The van der Waals surface area contributed by atoms with Crippen LogP contribution in [0, 0.1) is 0 Å². The van der Waals surface area contributed by atoms with Gasteiger partial charge in [-0.25, -0.2) is 23.5 Å². The number of phosphoric ester groups is 1. The van der Waals surface area contributed by atoms with E-state index in [9.17, 15) is 38.4 Å². The zero-order valence-corrected chi connectivity index (χ0v) is 17.5. The Kier molecular flexibility index (Phi) is 8.10. The predicted octanol–water partition coefficient (Wildman–Crippen LogP) is -1.63. The molecule has 0 saturated carbocycles. The number of ether oxygens (including phenoxy) is 1. The van der Waals surface area contributed by atoms with Gasteiger partial charge in [-0.2, -0.15) is 8.99 Å². The van der Waals surface area contributed by atoms with E-state index in [-0.39, 0.29) is 5.56 Å². The summed E-state index contributed by atoms with van der Waals surface area (Å²) in [4.78, 5) is 43.9. The smallest absolute Gasteiger partial charge is 0.387 e. The highest BCUT2D eigenvalue weighted by atomic mass is 31.3. The van der Waals surface area contributed by atoms with Crippen LogP contribution in [0.5, 0.6) is 0 Å². The molecule has 2 heterocycles. The number of aromatic nitrogens is 2. The number of aromatic amines is 1. The van der Waals surface area contributed by atoms with Crippen molar-refractivity contribution in [1.82, 2.24) is 9.55 Å². The van der Waals surface area contributed by atoms with Crippen molar-refractivity contribution in [2.24, 2.45) is 7.05 Å². The molecule has 0 amide bonds. The van der Waals surface area contributed by atoms with Gasteiger partial charge < -0.3 is 29.3 Å². The summed E-state index contributed by atoms with van der Waals surface area (Å²) in [5, 5.41) is 28.1. The van der Waals surface area contributed by atoms with Crippen molar-refractivity contribution in [3.63, 3.8) is 0 Å². The highest BCUT2D eigenvalue weighted by Gasteiger charge is 2.46. The van der Waals surface area contributed by atoms with E-state index in [2.05, 4.69) is 17.8 Å². The van der Waals surface area contributed by atoms with Crippen LogP contribution in [0.3, 0.4) is 0 Å². The zero-order chi connectivity index (χ0) is 22.9.